The van der Waals surface area contributed by atoms with Crippen LogP contribution >= 0.6 is 0 Å². The molecule has 5 rings (SSSR count). The number of hydrogen-bond acceptors (Lipinski definition) is 7. The van der Waals surface area contributed by atoms with Crippen LogP contribution in [0.5, 0.6) is 0 Å². The minimum absolute atomic E-state index is 0.0622. The molecule has 0 amide bonds. The Bertz CT molecular complexity index is 1640. The maximum Gasteiger partial charge on any atom is 0.152 e. The minimum Gasteiger partial charge on any atom is -0.374 e. The van der Waals surface area contributed by atoms with Gasteiger partial charge in [0.2, 0.25) is 0 Å². The summed E-state index contributed by atoms with van der Waals surface area (Å²) in [5.74, 6) is -0.881. The monoisotopic (exact) mass is 583 g/mol. The van der Waals surface area contributed by atoms with Crippen molar-refractivity contribution in [2.24, 2.45) is 11.7 Å². The van der Waals surface area contributed by atoms with Crippen molar-refractivity contribution in [3.8, 4) is 11.3 Å². The fourth-order valence-electron chi connectivity index (χ4n) is 6.12. The van der Waals surface area contributed by atoms with E-state index in [9.17, 15) is 8.42 Å². The summed E-state index contributed by atoms with van der Waals surface area (Å²) in [5.41, 5.74) is 9.37. The Labute approximate surface area is 238 Å². The molecule has 4 aromatic rings. The number of halogens is 2. The summed E-state index contributed by atoms with van der Waals surface area (Å²) >= 11 is 0. The van der Waals surface area contributed by atoms with Gasteiger partial charge >= 0.3 is 0 Å². The normalized spacial score (nSPS) is 21.6. The van der Waals surface area contributed by atoms with Gasteiger partial charge in [0.25, 0.3) is 0 Å². The lowest BCUT2D eigenvalue weighted by Crippen LogP contribution is -2.48. The Morgan fingerprint density at radius 1 is 1.12 bits per heavy atom. The van der Waals surface area contributed by atoms with Gasteiger partial charge in [0.1, 0.15) is 17.5 Å². The summed E-state index contributed by atoms with van der Waals surface area (Å²) in [6, 6.07) is 7.32. The molecule has 1 aliphatic rings. The molecule has 0 spiro atoms. The molecule has 41 heavy (non-hydrogen) atoms. The number of imidazole rings is 1. The molecule has 0 bridgehead atoms. The van der Waals surface area contributed by atoms with Gasteiger partial charge in [0.05, 0.1) is 40.9 Å². The van der Waals surface area contributed by atoms with Crippen LogP contribution in [0.1, 0.15) is 62.0 Å². The third-order valence-electron chi connectivity index (χ3n) is 7.82. The quantitative estimate of drug-likeness (QED) is 0.316. The summed E-state index contributed by atoms with van der Waals surface area (Å²) in [5, 5.41) is 4.00. The maximum atomic E-state index is 15.1. The van der Waals surface area contributed by atoms with Gasteiger partial charge in [-0.05, 0) is 85.5 Å². The Balaban J connectivity index is 1.45. The van der Waals surface area contributed by atoms with Gasteiger partial charge in [-0.3, -0.25) is 4.98 Å². The highest BCUT2D eigenvalue weighted by Gasteiger charge is 2.40. The highest BCUT2D eigenvalue weighted by molar-refractivity contribution is 7.91. The fraction of sp³-hybridized carbons (Fsp3) is 0.433. The average molecular weight is 584 g/mol. The molecule has 218 valence electrons. The Morgan fingerprint density at radius 2 is 1.85 bits per heavy atom. The van der Waals surface area contributed by atoms with Crippen LogP contribution in [0.2, 0.25) is 0 Å². The molecule has 3 heterocycles. The first-order chi connectivity index (χ1) is 19.4. The van der Waals surface area contributed by atoms with Gasteiger partial charge in [-0.1, -0.05) is 6.92 Å². The number of sulfone groups is 1. The first-order valence-corrected chi connectivity index (χ1v) is 15.7. The molecule has 3 aromatic heterocycles. The second kappa shape index (κ2) is 11.5. The third-order valence-corrected chi connectivity index (χ3v) is 9.62. The molecule has 8 nitrogen and oxygen atoms in total. The van der Waals surface area contributed by atoms with E-state index in [1.807, 2.05) is 26.8 Å². The Kier molecular flexibility index (Phi) is 8.22. The number of rotatable bonds is 8. The van der Waals surface area contributed by atoms with Crippen molar-refractivity contribution in [3.05, 3.63) is 83.1 Å². The van der Waals surface area contributed by atoms with Crippen molar-refractivity contribution >= 4 is 15.4 Å². The van der Waals surface area contributed by atoms with Crippen molar-refractivity contribution in [2.75, 3.05) is 6.26 Å². The molecule has 0 saturated heterocycles. The van der Waals surface area contributed by atoms with Crippen molar-refractivity contribution in [3.63, 3.8) is 0 Å². The van der Waals surface area contributed by atoms with E-state index < -0.39 is 32.8 Å². The highest BCUT2D eigenvalue weighted by Crippen LogP contribution is 2.39. The number of nitrogens with two attached hydrogens (primary N) is 1. The molecule has 0 aliphatic heterocycles. The molecule has 1 aliphatic carbocycles. The number of aromatic nitrogens is 4. The minimum atomic E-state index is -3.27. The molecule has 1 saturated carbocycles. The van der Waals surface area contributed by atoms with Crippen molar-refractivity contribution in [1.29, 1.82) is 0 Å². The van der Waals surface area contributed by atoms with Gasteiger partial charge in [-0.2, -0.15) is 5.10 Å². The van der Waals surface area contributed by atoms with Gasteiger partial charge < -0.3 is 10.5 Å². The van der Waals surface area contributed by atoms with E-state index in [1.54, 1.807) is 35.2 Å². The van der Waals surface area contributed by atoms with Crippen LogP contribution in [0.3, 0.4) is 0 Å². The molecule has 1 fully saturated rings. The lowest BCUT2D eigenvalue weighted by molar-refractivity contribution is 0.0654. The topological polar surface area (TPSA) is 112 Å². The Morgan fingerprint density at radius 3 is 2.51 bits per heavy atom. The first-order valence-electron chi connectivity index (χ1n) is 13.7. The van der Waals surface area contributed by atoms with Gasteiger partial charge in [-0.25, -0.2) is 26.7 Å². The van der Waals surface area contributed by atoms with Gasteiger partial charge in [0, 0.05) is 31.1 Å². The van der Waals surface area contributed by atoms with E-state index >= 15 is 8.78 Å². The summed E-state index contributed by atoms with van der Waals surface area (Å²) in [4.78, 5) is 8.87. The number of hydrogen-bond donors (Lipinski definition) is 1. The van der Waals surface area contributed by atoms with Crippen LogP contribution < -0.4 is 5.73 Å². The molecule has 11 heteroatoms. The second-order valence-corrected chi connectivity index (χ2v) is 13.6. The van der Waals surface area contributed by atoms with Gasteiger partial charge in [0.15, 0.2) is 9.84 Å². The summed E-state index contributed by atoms with van der Waals surface area (Å²) < 4.78 is 62.0. The smallest absolute Gasteiger partial charge is 0.152 e. The third kappa shape index (κ3) is 6.17. The number of pyridine rings is 1. The number of benzene rings is 1. The average Bonchev–Trinajstić information content (AvgIpc) is 3.28. The lowest BCUT2D eigenvalue weighted by atomic mass is 9.75. The van der Waals surface area contributed by atoms with E-state index in [4.69, 9.17) is 10.5 Å². The lowest BCUT2D eigenvalue weighted by Gasteiger charge is -2.38. The van der Waals surface area contributed by atoms with Crippen LogP contribution in [0, 0.1) is 17.6 Å². The van der Waals surface area contributed by atoms with Crippen LogP contribution in [-0.2, 0) is 27.6 Å². The molecule has 0 radical (unpaired) electrons. The van der Waals surface area contributed by atoms with E-state index in [0.717, 1.165) is 11.1 Å². The van der Waals surface area contributed by atoms with Crippen molar-refractivity contribution in [2.45, 2.75) is 70.0 Å². The number of nitrogens with zero attached hydrogens (tertiary/aromatic N) is 4. The summed E-state index contributed by atoms with van der Waals surface area (Å²) in [6.45, 7) is 5.76. The predicted molar refractivity (Wildman–Crippen MR) is 153 cm³/mol. The van der Waals surface area contributed by atoms with Crippen LogP contribution in [0.4, 0.5) is 8.78 Å². The number of ether oxygens (including phenoxy) is 1. The van der Waals surface area contributed by atoms with Gasteiger partial charge in [-0.15, -0.1) is 0 Å². The van der Waals surface area contributed by atoms with Crippen molar-refractivity contribution < 1.29 is 21.9 Å². The molecular weight excluding hydrogens is 548 g/mol. The maximum absolute atomic E-state index is 15.1. The van der Waals surface area contributed by atoms with Crippen molar-refractivity contribution in [1.82, 2.24) is 19.6 Å². The SMILES string of the molecule is CC(C)OCc1cc(F)c(-c2ccc3cnc(Cc4cnccc4[C@H]4C[C@@H](N)[C@H](S(C)(=O)=O)[C@@H](C)C4)n3n2)c(F)c1. The summed E-state index contributed by atoms with van der Waals surface area (Å²) in [7, 11) is -3.27. The second-order valence-electron chi connectivity index (χ2n) is 11.4. The zero-order valence-corrected chi connectivity index (χ0v) is 24.4. The summed E-state index contributed by atoms with van der Waals surface area (Å²) in [6.07, 6.45) is 7.95. The van der Waals surface area contributed by atoms with Crippen LogP contribution in [0.15, 0.2) is 48.9 Å². The molecule has 0 unspecified atom stereocenters. The predicted octanol–water partition coefficient (Wildman–Crippen LogP) is 4.84. The van der Waals surface area contributed by atoms with E-state index in [0.29, 0.717) is 36.2 Å². The molecular formula is C30H35F2N5O3S. The van der Waals surface area contributed by atoms with Crippen LogP contribution in [0.25, 0.3) is 16.8 Å². The largest absolute Gasteiger partial charge is 0.374 e. The fourth-order valence-corrected chi connectivity index (χ4v) is 7.82. The zero-order valence-electron chi connectivity index (χ0n) is 23.6. The first kappa shape index (κ1) is 29.2. The zero-order chi connectivity index (χ0) is 29.5. The van der Waals surface area contributed by atoms with E-state index in [-0.39, 0.29) is 35.8 Å². The van der Waals surface area contributed by atoms with Crippen LogP contribution in [-0.4, -0.2) is 51.7 Å². The number of fused-ring (bicyclic) bond motifs is 1. The van der Waals surface area contributed by atoms with E-state index in [2.05, 4.69) is 15.1 Å². The molecule has 4 atom stereocenters. The highest BCUT2D eigenvalue weighted by atomic mass is 32.2. The molecule has 2 N–H and O–H groups in total. The molecule has 1 aromatic carbocycles. The van der Waals surface area contributed by atoms with E-state index in [1.165, 1.54) is 18.4 Å². The Hall–Kier alpha value is -3.28. The standard InChI is InChI=1S/C30H35F2N5O3S/c1-17(2)40-16-19-10-24(31)29(25(32)11-19)27-6-5-22-15-35-28(37(22)36-27)13-21-14-34-8-7-23(21)20-9-18(3)30(26(33)12-20)41(4,38)39/h5-8,10-11,14-15,17-18,20,26,30H,9,12-13,16,33H2,1-4H3/t18-,20+,26+,30+/m0/s1.